The fraction of sp³-hybridized carbons (Fsp3) is 0.353. The van der Waals surface area contributed by atoms with E-state index in [9.17, 15) is 0 Å². The monoisotopic (exact) mass is 362 g/mol. The molecular weight excluding hydrogens is 340 g/mol. The van der Waals surface area contributed by atoms with E-state index < -0.39 is 0 Å². The Hall–Kier alpha value is -2.61. The van der Waals surface area contributed by atoms with Gasteiger partial charge in [-0.05, 0) is 37.3 Å². The van der Waals surface area contributed by atoms with E-state index >= 15 is 0 Å². The van der Waals surface area contributed by atoms with Gasteiger partial charge in [0.25, 0.3) is 0 Å². The summed E-state index contributed by atoms with van der Waals surface area (Å²) in [7, 11) is 3.17. The lowest BCUT2D eigenvalue weighted by molar-refractivity contribution is 0.322. The zero-order valence-corrected chi connectivity index (χ0v) is 15.4. The van der Waals surface area contributed by atoms with Crippen molar-refractivity contribution < 1.29 is 14.0 Å². The van der Waals surface area contributed by atoms with E-state index in [-0.39, 0.29) is 0 Å². The average Bonchev–Trinajstić information content (AvgIpc) is 3.09. The quantitative estimate of drug-likeness (QED) is 0.568. The van der Waals surface area contributed by atoms with Crippen molar-refractivity contribution in [3.05, 3.63) is 36.7 Å². The predicted octanol–water partition coefficient (Wildman–Crippen LogP) is 2.64. The first-order valence-corrected chi connectivity index (χ1v) is 8.22. The van der Waals surface area contributed by atoms with Crippen LogP contribution in [0, 0.1) is 0 Å². The summed E-state index contributed by atoms with van der Waals surface area (Å²) >= 11 is 5.35. The number of nitrogens with zero attached hydrogens (tertiary/aromatic N) is 3. The van der Waals surface area contributed by atoms with Crippen LogP contribution in [0.5, 0.6) is 11.5 Å². The molecule has 0 amide bonds. The zero-order valence-electron chi connectivity index (χ0n) is 14.6. The molecule has 1 aromatic heterocycles. The normalized spacial score (nSPS) is 10.2. The minimum Gasteiger partial charge on any atom is -0.493 e. The van der Waals surface area contributed by atoms with Crippen molar-refractivity contribution in [1.29, 1.82) is 0 Å². The molecule has 2 rings (SSSR count). The van der Waals surface area contributed by atoms with Crippen LogP contribution in [0.15, 0.2) is 35.4 Å². The van der Waals surface area contributed by atoms with E-state index in [2.05, 4.69) is 22.0 Å². The molecule has 0 radical (unpaired) electrons. The van der Waals surface area contributed by atoms with E-state index in [1.807, 2.05) is 17.9 Å². The van der Waals surface area contributed by atoms with Gasteiger partial charge in [0, 0.05) is 18.7 Å². The maximum absolute atomic E-state index is 5.36. The van der Waals surface area contributed by atoms with Crippen LogP contribution < -0.4 is 14.8 Å². The Morgan fingerprint density at radius 1 is 1.36 bits per heavy atom. The second-order valence-electron chi connectivity index (χ2n) is 5.09. The van der Waals surface area contributed by atoms with Crippen molar-refractivity contribution in [3.63, 3.8) is 0 Å². The van der Waals surface area contributed by atoms with Crippen LogP contribution in [0.1, 0.15) is 12.8 Å². The second kappa shape index (κ2) is 9.03. The van der Waals surface area contributed by atoms with Crippen molar-refractivity contribution in [1.82, 2.24) is 20.4 Å². The lowest BCUT2D eigenvalue weighted by atomic mass is 10.2. The number of aromatic nitrogens is 2. The summed E-state index contributed by atoms with van der Waals surface area (Å²) in [5, 5.41) is 7.76. The Morgan fingerprint density at radius 3 is 2.76 bits per heavy atom. The van der Waals surface area contributed by atoms with Gasteiger partial charge in [-0.25, -0.2) is 0 Å². The molecule has 1 aromatic carbocycles. The summed E-state index contributed by atoms with van der Waals surface area (Å²) < 4.78 is 15.9. The van der Waals surface area contributed by atoms with E-state index in [0.717, 1.165) is 12.1 Å². The molecule has 0 saturated heterocycles. The molecule has 0 saturated carbocycles. The predicted molar refractivity (Wildman–Crippen MR) is 99.7 cm³/mol. The third-order valence-electron chi connectivity index (χ3n) is 3.40. The molecule has 25 heavy (non-hydrogen) atoms. The maximum Gasteiger partial charge on any atom is 0.246 e. The summed E-state index contributed by atoms with van der Waals surface area (Å²) in [5.74, 6) is 2.19. The van der Waals surface area contributed by atoms with Crippen LogP contribution in [0.25, 0.3) is 11.4 Å². The number of nitrogens with one attached hydrogen (secondary N) is 1. The molecule has 0 aliphatic heterocycles. The van der Waals surface area contributed by atoms with Crippen LogP contribution in [-0.4, -0.2) is 47.5 Å². The third kappa shape index (κ3) is 4.69. The highest BCUT2D eigenvalue weighted by Gasteiger charge is 2.15. The van der Waals surface area contributed by atoms with Crippen molar-refractivity contribution in [3.8, 4) is 22.9 Å². The highest BCUT2D eigenvalue weighted by atomic mass is 32.1. The van der Waals surface area contributed by atoms with E-state index in [4.69, 9.17) is 26.2 Å². The molecule has 0 bridgehead atoms. The first kappa shape index (κ1) is 18.7. The first-order valence-electron chi connectivity index (χ1n) is 7.81. The topological polar surface area (TPSA) is 72.7 Å². The van der Waals surface area contributed by atoms with E-state index in [0.29, 0.717) is 41.4 Å². The number of thiocarbonyl (C=S) groups is 1. The third-order valence-corrected chi connectivity index (χ3v) is 3.80. The van der Waals surface area contributed by atoms with Gasteiger partial charge in [-0.2, -0.15) is 4.98 Å². The highest BCUT2D eigenvalue weighted by molar-refractivity contribution is 7.80. The SMILES string of the molecule is C=CCN(Cc1nc(-c2ccc(OC)c(OC)c2)no1)C(=S)NCC. The number of hydrogen-bond donors (Lipinski definition) is 1. The Labute approximate surface area is 152 Å². The van der Waals surface area contributed by atoms with Crippen LogP contribution >= 0.6 is 12.2 Å². The van der Waals surface area contributed by atoms with Gasteiger partial charge in [0.2, 0.25) is 11.7 Å². The summed E-state index contributed by atoms with van der Waals surface area (Å²) in [6.45, 7) is 7.47. The Bertz CT molecular complexity index is 732. The number of ether oxygens (including phenoxy) is 2. The molecule has 0 aliphatic carbocycles. The summed E-state index contributed by atoms with van der Waals surface area (Å²) in [6, 6.07) is 5.45. The Morgan fingerprint density at radius 2 is 2.12 bits per heavy atom. The van der Waals surface area contributed by atoms with E-state index in [1.54, 1.807) is 32.4 Å². The van der Waals surface area contributed by atoms with Crippen molar-refractivity contribution in [2.24, 2.45) is 0 Å². The van der Waals surface area contributed by atoms with Gasteiger partial charge >= 0.3 is 0 Å². The number of rotatable bonds is 8. The lowest BCUT2D eigenvalue weighted by Crippen LogP contribution is -2.39. The largest absolute Gasteiger partial charge is 0.493 e. The average molecular weight is 362 g/mol. The van der Waals surface area contributed by atoms with Gasteiger partial charge in [-0.3, -0.25) is 0 Å². The van der Waals surface area contributed by atoms with Gasteiger partial charge < -0.3 is 24.2 Å². The van der Waals surface area contributed by atoms with Gasteiger partial charge in [-0.15, -0.1) is 6.58 Å². The molecular formula is C17H22N4O3S. The zero-order chi connectivity index (χ0) is 18.2. The Balaban J connectivity index is 2.18. The Kier molecular flexibility index (Phi) is 6.76. The van der Waals surface area contributed by atoms with Crippen molar-refractivity contribution in [2.75, 3.05) is 27.3 Å². The van der Waals surface area contributed by atoms with Gasteiger partial charge in [0.05, 0.1) is 20.8 Å². The van der Waals surface area contributed by atoms with Crippen LogP contribution in [0.4, 0.5) is 0 Å². The molecule has 0 fully saturated rings. The maximum atomic E-state index is 5.36. The number of hydrogen-bond acceptors (Lipinski definition) is 6. The first-order chi connectivity index (χ1) is 12.1. The van der Waals surface area contributed by atoms with Crippen LogP contribution in [0.3, 0.4) is 0 Å². The van der Waals surface area contributed by atoms with Crippen molar-refractivity contribution in [2.45, 2.75) is 13.5 Å². The minimum absolute atomic E-state index is 0.401. The van der Waals surface area contributed by atoms with Crippen LogP contribution in [-0.2, 0) is 6.54 Å². The lowest BCUT2D eigenvalue weighted by Gasteiger charge is -2.22. The molecule has 0 aliphatic rings. The van der Waals surface area contributed by atoms with Gasteiger partial charge in [0.15, 0.2) is 16.6 Å². The molecule has 7 nitrogen and oxygen atoms in total. The molecule has 1 N–H and O–H groups in total. The highest BCUT2D eigenvalue weighted by Crippen LogP contribution is 2.31. The summed E-state index contributed by atoms with van der Waals surface area (Å²) in [5.41, 5.74) is 0.775. The standard InChI is InChI=1S/C17H22N4O3S/c1-5-9-21(17(25)18-6-2)11-15-19-16(20-24-15)12-7-8-13(22-3)14(10-12)23-4/h5,7-8,10H,1,6,9,11H2,2-4H3,(H,18,25). The molecule has 0 unspecified atom stereocenters. The number of methoxy groups -OCH3 is 2. The van der Waals surface area contributed by atoms with E-state index in [1.165, 1.54) is 0 Å². The summed E-state index contributed by atoms with van der Waals surface area (Å²) in [6.07, 6.45) is 1.77. The van der Waals surface area contributed by atoms with Crippen LogP contribution in [0.2, 0.25) is 0 Å². The smallest absolute Gasteiger partial charge is 0.246 e. The van der Waals surface area contributed by atoms with Crippen molar-refractivity contribution >= 4 is 17.3 Å². The number of benzene rings is 1. The second-order valence-corrected chi connectivity index (χ2v) is 5.47. The summed E-state index contributed by atoms with van der Waals surface area (Å²) in [4.78, 5) is 6.34. The molecule has 2 aromatic rings. The minimum atomic E-state index is 0.401. The fourth-order valence-electron chi connectivity index (χ4n) is 2.21. The van der Waals surface area contributed by atoms with Gasteiger partial charge in [0.1, 0.15) is 0 Å². The van der Waals surface area contributed by atoms with Gasteiger partial charge in [-0.1, -0.05) is 11.2 Å². The molecule has 0 spiro atoms. The molecule has 1 heterocycles. The molecule has 8 heteroatoms. The molecule has 0 atom stereocenters. The molecule has 134 valence electrons. The fourth-order valence-corrected chi connectivity index (χ4v) is 2.50.